The van der Waals surface area contributed by atoms with Gasteiger partial charge < -0.3 is 10.6 Å². The van der Waals surface area contributed by atoms with Gasteiger partial charge >= 0.3 is 0 Å². The highest BCUT2D eigenvalue weighted by atomic mass is 127. The summed E-state index contributed by atoms with van der Waals surface area (Å²) >= 11 is 0. The van der Waals surface area contributed by atoms with Crippen LogP contribution in [-0.4, -0.2) is 30.6 Å². The minimum Gasteiger partial charge on any atom is -0.357 e. The number of aromatic nitrogens is 1. The highest BCUT2D eigenvalue weighted by Crippen LogP contribution is 2.04. The van der Waals surface area contributed by atoms with Crippen molar-refractivity contribution in [1.29, 1.82) is 0 Å². The number of guanidine groups is 1. The maximum Gasteiger partial charge on any atom is 0.191 e. The number of aryl methyl sites for hydroxylation is 1. The van der Waals surface area contributed by atoms with Crippen molar-refractivity contribution >= 4 is 29.9 Å². The molecule has 0 saturated carbocycles. The van der Waals surface area contributed by atoms with Gasteiger partial charge in [0.2, 0.25) is 0 Å². The molecule has 1 heterocycles. The lowest BCUT2D eigenvalue weighted by molar-refractivity contribution is 0.716. The first kappa shape index (κ1) is 20.1. The van der Waals surface area contributed by atoms with Crippen molar-refractivity contribution in [2.75, 3.05) is 19.6 Å². The van der Waals surface area contributed by atoms with Gasteiger partial charge in [0.25, 0.3) is 0 Å². The molecule has 0 aliphatic rings. The van der Waals surface area contributed by atoms with Crippen molar-refractivity contribution in [3.05, 3.63) is 29.6 Å². The zero-order chi connectivity index (χ0) is 14.6. The summed E-state index contributed by atoms with van der Waals surface area (Å²) in [5, 5.41) is 6.68. The average molecular weight is 404 g/mol. The number of unbranched alkanes of at least 4 members (excludes halogenated alkanes) is 2. The van der Waals surface area contributed by atoms with E-state index in [4.69, 9.17) is 0 Å². The second-order valence-corrected chi connectivity index (χ2v) is 4.95. The van der Waals surface area contributed by atoms with Crippen LogP contribution in [0.4, 0.5) is 0 Å². The van der Waals surface area contributed by atoms with E-state index in [0.29, 0.717) is 0 Å². The number of nitrogens with one attached hydrogen (secondary N) is 2. The molecular weight excluding hydrogens is 375 g/mol. The molecule has 0 aromatic carbocycles. The molecule has 0 spiro atoms. The Morgan fingerprint density at radius 2 is 2.05 bits per heavy atom. The van der Waals surface area contributed by atoms with Crippen LogP contribution in [0.1, 0.15) is 44.2 Å². The van der Waals surface area contributed by atoms with Gasteiger partial charge in [-0.25, -0.2) is 0 Å². The van der Waals surface area contributed by atoms with Crippen LogP contribution < -0.4 is 10.6 Å². The van der Waals surface area contributed by atoms with Gasteiger partial charge in [0.05, 0.1) is 0 Å². The SMILES string of the molecule is CCCCCN=C(NCC)NCCc1ccncc1C.I. The van der Waals surface area contributed by atoms with Gasteiger partial charge in [0, 0.05) is 32.0 Å². The van der Waals surface area contributed by atoms with Crippen LogP contribution in [0, 0.1) is 6.92 Å². The summed E-state index contributed by atoms with van der Waals surface area (Å²) in [5.74, 6) is 0.926. The van der Waals surface area contributed by atoms with Crippen LogP contribution in [0.25, 0.3) is 0 Å². The van der Waals surface area contributed by atoms with Crippen LogP contribution in [0.3, 0.4) is 0 Å². The van der Waals surface area contributed by atoms with Crippen molar-refractivity contribution in [3.8, 4) is 0 Å². The van der Waals surface area contributed by atoms with Crippen LogP contribution in [0.2, 0.25) is 0 Å². The summed E-state index contributed by atoms with van der Waals surface area (Å²) in [5.41, 5.74) is 2.59. The van der Waals surface area contributed by atoms with E-state index in [2.05, 4.69) is 47.4 Å². The fourth-order valence-corrected chi connectivity index (χ4v) is 1.99. The zero-order valence-corrected chi connectivity index (χ0v) is 15.8. The molecule has 0 aliphatic heterocycles. The average Bonchev–Trinajstić information content (AvgIpc) is 2.45. The molecule has 1 aromatic rings. The topological polar surface area (TPSA) is 49.3 Å². The highest BCUT2D eigenvalue weighted by molar-refractivity contribution is 14.0. The highest BCUT2D eigenvalue weighted by Gasteiger charge is 1.99. The van der Waals surface area contributed by atoms with E-state index in [1.807, 2.05) is 12.4 Å². The lowest BCUT2D eigenvalue weighted by atomic mass is 10.1. The van der Waals surface area contributed by atoms with Crippen LogP contribution in [-0.2, 0) is 6.42 Å². The summed E-state index contributed by atoms with van der Waals surface area (Å²) in [6.07, 6.45) is 8.41. The van der Waals surface area contributed by atoms with Crippen molar-refractivity contribution in [2.24, 2.45) is 4.99 Å². The maximum atomic E-state index is 4.59. The number of pyridine rings is 1. The molecule has 0 bridgehead atoms. The molecule has 0 saturated heterocycles. The fraction of sp³-hybridized carbons (Fsp3) is 0.625. The van der Waals surface area contributed by atoms with Gasteiger partial charge in [-0.3, -0.25) is 9.98 Å². The molecule has 5 heteroatoms. The third-order valence-electron chi connectivity index (χ3n) is 3.20. The smallest absolute Gasteiger partial charge is 0.191 e. The van der Waals surface area contributed by atoms with Crippen LogP contribution >= 0.6 is 24.0 Å². The van der Waals surface area contributed by atoms with E-state index in [0.717, 1.165) is 38.4 Å². The van der Waals surface area contributed by atoms with Crippen molar-refractivity contribution in [1.82, 2.24) is 15.6 Å². The Hall–Kier alpha value is -0.850. The third-order valence-corrected chi connectivity index (χ3v) is 3.20. The molecule has 0 atom stereocenters. The number of hydrogen-bond donors (Lipinski definition) is 2. The first-order valence-corrected chi connectivity index (χ1v) is 7.69. The van der Waals surface area contributed by atoms with E-state index in [9.17, 15) is 0 Å². The molecule has 1 rings (SSSR count). The van der Waals surface area contributed by atoms with Gasteiger partial charge in [-0.2, -0.15) is 0 Å². The van der Waals surface area contributed by atoms with Crippen LogP contribution in [0.5, 0.6) is 0 Å². The zero-order valence-electron chi connectivity index (χ0n) is 13.5. The molecule has 21 heavy (non-hydrogen) atoms. The van der Waals surface area contributed by atoms with E-state index in [-0.39, 0.29) is 24.0 Å². The molecule has 0 fully saturated rings. The number of aliphatic imine (C=N–C) groups is 1. The quantitative estimate of drug-likeness (QED) is 0.303. The largest absolute Gasteiger partial charge is 0.357 e. The van der Waals surface area contributed by atoms with E-state index >= 15 is 0 Å². The van der Waals surface area contributed by atoms with Gasteiger partial charge in [-0.1, -0.05) is 19.8 Å². The Labute approximate surface area is 146 Å². The molecule has 120 valence electrons. The van der Waals surface area contributed by atoms with Gasteiger partial charge in [-0.05, 0) is 43.9 Å². The third kappa shape index (κ3) is 8.90. The second-order valence-electron chi connectivity index (χ2n) is 4.95. The van der Waals surface area contributed by atoms with E-state index < -0.39 is 0 Å². The molecule has 1 aromatic heterocycles. The normalized spacial score (nSPS) is 10.9. The molecular formula is C16H29IN4. The van der Waals surface area contributed by atoms with Crippen molar-refractivity contribution in [2.45, 2.75) is 46.5 Å². The Balaban J connectivity index is 0.00000400. The Bertz CT molecular complexity index is 407. The minimum absolute atomic E-state index is 0. The predicted molar refractivity (Wildman–Crippen MR) is 102 cm³/mol. The van der Waals surface area contributed by atoms with Gasteiger partial charge in [0.1, 0.15) is 0 Å². The number of rotatable bonds is 8. The number of hydrogen-bond acceptors (Lipinski definition) is 2. The molecule has 0 aliphatic carbocycles. The van der Waals surface area contributed by atoms with Gasteiger partial charge in [0.15, 0.2) is 5.96 Å². The summed E-state index contributed by atoms with van der Waals surface area (Å²) < 4.78 is 0. The molecule has 0 unspecified atom stereocenters. The number of halogens is 1. The summed E-state index contributed by atoms with van der Waals surface area (Å²) in [4.78, 5) is 8.71. The van der Waals surface area contributed by atoms with E-state index in [1.165, 1.54) is 24.0 Å². The summed E-state index contributed by atoms with van der Waals surface area (Å²) in [6.45, 7) is 9.10. The molecule has 0 amide bonds. The maximum absolute atomic E-state index is 4.59. The monoisotopic (exact) mass is 404 g/mol. The first-order chi connectivity index (χ1) is 9.77. The molecule has 2 N–H and O–H groups in total. The summed E-state index contributed by atoms with van der Waals surface area (Å²) in [6, 6.07) is 2.09. The van der Waals surface area contributed by atoms with Crippen molar-refractivity contribution in [3.63, 3.8) is 0 Å². The van der Waals surface area contributed by atoms with E-state index in [1.54, 1.807) is 0 Å². The Morgan fingerprint density at radius 3 is 2.71 bits per heavy atom. The van der Waals surface area contributed by atoms with Gasteiger partial charge in [-0.15, -0.1) is 24.0 Å². The lowest BCUT2D eigenvalue weighted by Crippen LogP contribution is -2.38. The molecule has 4 nitrogen and oxygen atoms in total. The minimum atomic E-state index is 0. The Morgan fingerprint density at radius 1 is 1.24 bits per heavy atom. The predicted octanol–water partition coefficient (Wildman–Crippen LogP) is 3.30. The Kier molecular flexibility index (Phi) is 12.3. The fourth-order valence-electron chi connectivity index (χ4n) is 1.99. The standard InChI is InChI=1S/C16H28N4.HI/c1-4-6-7-10-19-16(18-5-2)20-12-9-15-8-11-17-13-14(15)3;/h8,11,13H,4-7,9-10,12H2,1-3H3,(H2,18,19,20);1H. The first-order valence-electron chi connectivity index (χ1n) is 7.69. The summed E-state index contributed by atoms with van der Waals surface area (Å²) in [7, 11) is 0. The second kappa shape index (κ2) is 12.9. The lowest BCUT2D eigenvalue weighted by Gasteiger charge is -2.12. The van der Waals surface area contributed by atoms with Crippen LogP contribution in [0.15, 0.2) is 23.5 Å². The van der Waals surface area contributed by atoms with Crippen molar-refractivity contribution < 1.29 is 0 Å². The molecule has 0 radical (unpaired) electrons. The number of nitrogens with zero attached hydrogens (tertiary/aromatic N) is 2.